The number of nitrogens with one attached hydrogen (secondary N) is 1. The maximum Gasteiger partial charge on any atom is 0.311 e. The van der Waals surface area contributed by atoms with Gasteiger partial charge in [-0.25, -0.2) is 13.1 Å². The molecule has 1 aromatic rings. The van der Waals surface area contributed by atoms with Crippen LogP contribution in [0.15, 0.2) is 29.2 Å². The monoisotopic (exact) mass is 313 g/mol. The van der Waals surface area contributed by atoms with E-state index in [9.17, 15) is 13.2 Å². The van der Waals surface area contributed by atoms with E-state index >= 15 is 0 Å². The van der Waals surface area contributed by atoms with E-state index < -0.39 is 15.4 Å². The molecular formula is C15H23NO4S. The molecule has 6 heteroatoms. The van der Waals surface area contributed by atoms with Gasteiger partial charge in [0.15, 0.2) is 0 Å². The molecule has 0 saturated carbocycles. The number of hydrogen-bond acceptors (Lipinski definition) is 4. The molecule has 21 heavy (non-hydrogen) atoms. The first-order chi connectivity index (χ1) is 9.69. The maximum absolute atomic E-state index is 12.0. The molecule has 0 saturated heterocycles. The Morgan fingerprint density at radius 3 is 2.33 bits per heavy atom. The summed E-state index contributed by atoms with van der Waals surface area (Å²) in [6, 6.07) is 6.56. The van der Waals surface area contributed by atoms with E-state index in [4.69, 9.17) is 4.74 Å². The number of rotatable bonds is 7. The van der Waals surface area contributed by atoms with Crippen LogP contribution in [0.3, 0.4) is 0 Å². The fourth-order valence-electron chi connectivity index (χ4n) is 1.46. The van der Waals surface area contributed by atoms with Gasteiger partial charge in [-0.05, 0) is 39.3 Å². The zero-order chi connectivity index (χ0) is 16.1. The normalized spacial score (nSPS) is 12.2. The lowest BCUT2D eigenvalue weighted by molar-refractivity contribution is -0.153. The van der Waals surface area contributed by atoms with Gasteiger partial charge in [0.2, 0.25) is 10.0 Å². The molecule has 0 spiro atoms. The van der Waals surface area contributed by atoms with Crippen LogP contribution in [0.2, 0.25) is 0 Å². The predicted octanol–water partition coefficient (Wildman–Crippen LogP) is 2.25. The van der Waals surface area contributed by atoms with Crippen molar-refractivity contribution in [2.45, 2.75) is 39.0 Å². The lowest BCUT2D eigenvalue weighted by Gasteiger charge is -2.20. The van der Waals surface area contributed by atoms with Gasteiger partial charge in [0.1, 0.15) is 6.61 Å². The van der Waals surface area contributed by atoms with E-state index in [1.165, 1.54) is 0 Å². The van der Waals surface area contributed by atoms with E-state index in [0.29, 0.717) is 6.42 Å². The summed E-state index contributed by atoms with van der Waals surface area (Å²) in [7, 11) is -3.56. The zero-order valence-electron chi connectivity index (χ0n) is 13.0. The summed E-state index contributed by atoms with van der Waals surface area (Å²) in [5.41, 5.74) is 0.445. The Hall–Kier alpha value is -1.40. The molecule has 0 fully saturated rings. The average Bonchev–Trinajstić information content (AvgIpc) is 2.43. The Balaban J connectivity index is 2.49. The summed E-state index contributed by atoms with van der Waals surface area (Å²) < 4.78 is 31.5. The summed E-state index contributed by atoms with van der Waals surface area (Å²) >= 11 is 0. The minimum atomic E-state index is -3.56. The Kier molecular flexibility index (Phi) is 5.92. The van der Waals surface area contributed by atoms with Gasteiger partial charge >= 0.3 is 5.97 Å². The lowest BCUT2D eigenvalue weighted by atomic mass is 9.91. The number of hydrogen-bond donors (Lipinski definition) is 1. The quantitative estimate of drug-likeness (QED) is 0.619. The number of ether oxygens (including phenoxy) is 1. The second kappa shape index (κ2) is 7.04. The van der Waals surface area contributed by atoms with Crippen LogP contribution < -0.4 is 4.72 Å². The zero-order valence-corrected chi connectivity index (χ0v) is 13.8. The summed E-state index contributed by atoms with van der Waals surface area (Å²) in [6.45, 7) is 7.47. The van der Waals surface area contributed by atoms with Gasteiger partial charge in [0, 0.05) is 6.54 Å². The van der Waals surface area contributed by atoms with E-state index in [2.05, 4.69) is 4.72 Å². The molecule has 0 aliphatic carbocycles. The minimum absolute atomic E-state index is 0.0212. The smallest absolute Gasteiger partial charge is 0.311 e. The molecule has 118 valence electrons. The molecule has 1 N–H and O–H groups in total. The topological polar surface area (TPSA) is 72.5 Å². The largest absolute Gasteiger partial charge is 0.464 e. The van der Waals surface area contributed by atoms with Crippen LogP contribution in [-0.4, -0.2) is 27.5 Å². The molecule has 0 radical (unpaired) electrons. The van der Waals surface area contributed by atoms with Gasteiger partial charge in [0.25, 0.3) is 0 Å². The van der Waals surface area contributed by atoms with Crippen molar-refractivity contribution in [1.29, 1.82) is 0 Å². The van der Waals surface area contributed by atoms with Gasteiger partial charge in [-0.1, -0.05) is 24.6 Å². The SMILES string of the molecule is CCC(C)(C)C(=O)OCCNS(=O)(=O)c1ccc(C)cc1. The molecular weight excluding hydrogens is 290 g/mol. The van der Waals surface area contributed by atoms with Crippen molar-refractivity contribution in [2.75, 3.05) is 13.2 Å². The summed E-state index contributed by atoms with van der Waals surface area (Å²) in [6.07, 6.45) is 0.668. The highest BCUT2D eigenvalue weighted by Crippen LogP contribution is 2.21. The van der Waals surface area contributed by atoms with Crippen molar-refractivity contribution in [3.05, 3.63) is 29.8 Å². The standard InChI is InChI=1S/C15H23NO4S/c1-5-15(3,4)14(17)20-11-10-16-21(18,19)13-8-6-12(2)7-9-13/h6-9,16H,5,10-11H2,1-4H3. The third kappa shape index (κ3) is 5.13. The van der Waals surface area contributed by atoms with Gasteiger partial charge < -0.3 is 4.74 Å². The van der Waals surface area contributed by atoms with Crippen LogP contribution in [0.1, 0.15) is 32.8 Å². The minimum Gasteiger partial charge on any atom is -0.464 e. The van der Waals surface area contributed by atoms with E-state index in [1.807, 2.05) is 13.8 Å². The fourth-order valence-corrected chi connectivity index (χ4v) is 2.47. The van der Waals surface area contributed by atoms with Gasteiger partial charge in [0.05, 0.1) is 10.3 Å². The number of carbonyl (C=O) groups is 1. The molecule has 0 heterocycles. The lowest BCUT2D eigenvalue weighted by Crippen LogP contribution is -2.31. The summed E-state index contributed by atoms with van der Waals surface area (Å²) in [5, 5.41) is 0. The fraction of sp³-hybridized carbons (Fsp3) is 0.533. The third-order valence-corrected chi connectivity index (χ3v) is 4.87. The number of esters is 1. The molecule has 0 aliphatic heterocycles. The van der Waals surface area contributed by atoms with E-state index in [-0.39, 0.29) is 24.0 Å². The van der Waals surface area contributed by atoms with Crippen LogP contribution in [0.5, 0.6) is 0 Å². The first kappa shape index (κ1) is 17.7. The predicted molar refractivity (Wildman–Crippen MR) is 81.4 cm³/mol. The molecule has 1 aromatic carbocycles. The molecule has 5 nitrogen and oxygen atoms in total. The molecule has 0 bridgehead atoms. The van der Waals surface area contributed by atoms with Crippen LogP contribution in [-0.2, 0) is 19.6 Å². The van der Waals surface area contributed by atoms with Gasteiger partial charge in [-0.2, -0.15) is 0 Å². The molecule has 0 unspecified atom stereocenters. The van der Waals surface area contributed by atoms with Crippen molar-refractivity contribution in [3.63, 3.8) is 0 Å². The first-order valence-electron chi connectivity index (χ1n) is 6.92. The number of carbonyl (C=O) groups excluding carboxylic acids is 1. The summed E-state index contributed by atoms with van der Waals surface area (Å²) in [5.74, 6) is -0.320. The van der Waals surface area contributed by atoms with E-state index in [1.54, 1.807) is 38.1 Å². The van der Waals surface area contributed by atoms with Crippen molar-refractivity contribution >= 4 is 16.0 Å². The second-order valence-corrected chi connectivity index (χ2v) is 7.35. The Morgan fingerprint density at radius 2 is 1.81 bits per heavy atom. The Labute approximate surface area is 126 Å². The molecule has 0 atom stereocenters. The van der Waals surface area contributed by atoms with Crippen molar-refractivity contribution in [1.82, 2.24) is 4.72 Å². The highest BCUT2D eigenvalue weighted by atomic mass is 32.2. The first-order valence-corrected chi connectivity index (χ1v) is 8.41. The Bertz CT molecular complexity index is 576. The molecule has 1 rings (SSSR count). The average molecular weight is 313 g/mol. The number of benzene rings is 1. The van der Waals surface area contributed by atoms with Crippen molar-refractivity contribution < 1.29 is 17.9 Å². The molecule has 0 aromatic heterocycles. The van der Waals surface area contributed by atoms with E-state index in [0.717, 1.165) is 5.56 Å². The second-order valence-electron chi connectivity index (χ2n) is 5.58. The number of sulfonamides is 1. The molecule has 0 amide bonds. The van der Waals surface area contributed by atoms with Crippen LogP contribution >= 0.6 is 0 Å². The Morgan fingerprint density at radius 1 is 1.24 bits per heavy atom. The number of aryl methyl sites for hydroxylation is 1. The molecule has 0 aliphatic rings. The van der Waals surface area contributed by atoms with Gasteiger partial charge in [-0.3, -0.25) is 4.79 Å². The van der Waals surface area contributed by atoms with Crippen LogP contribution in [0.4, 0.5) is 0 Å². The highest BCUT2D eigenvalue weighted by molar-refractivity contribution is 7.89. The van der Waals surface area contributed by atoms with Crippen LogP contribution in [0.25, 0.3) is 0 Å². The maximum atomic E-state index is 12.0. The van der Waals surface area contributed by atoms with Gasteiger partial charge in [-0.15, -0.1) is 0 Å². The van der Waals surface area contributed by atoms with Crippen molar-refractivity contribution in [3.8, 4) is 0 Å². The van der Waals surface area contributed by atoms with Crippen molar-refractivity contribution in [2.24, 2.45) is 5.41 Å². The highest BCUT2D eigenvalue weighted by Gasteiger charge is 2.26. The third-order valence-electron chi connectivity index (χ3n) is 3.40. The van der Waals surface area contributed by atoms with Crippen LogP contribution in [0, 0.1) is 12.3 Å². The summed E-state index contributed by atoms with van der Waals surface area (Å²) in [4.78, 5) is 11.9.